The van der Waals surface area contributed by atoms with Gasteiger partial charge in [-0.3, -0.25) is 4.79 Å². The summed E-state index contributed by atoms with van der Waals surface area (Å²) in [5.41, 5.74) is 5.24. The second-order valence-corrected chi connectivity index (χ2v) is 7.97. The van der Waals surface area contributed by atoms with Gasteiger partial charge in [-0.2, -0.15) is 0 Å². The van der Waals surface area contributed by atoms with Gasteiger partial charge >= 0.3 is 0 Å². The molecular formula is C21H21N3OS. The number of hydrogen-bond donors (Lipinski definition) is 0. The lowest BCUT2D eigenvalue weighted by Gasteiger charge is -2.30. The largest absolute Gasteiger partial charge is 0.337 e. The van der Waals surface area contributed by atoms with Crippen LogP contribution in [0.5, 0.6) is 0 Å². The molecule has 0 spiro atoms. The van der Waals surface area contributed by atoms with Gasteiger partial charge in [0.25, 0.3) is 0 Å². The lowest BCUT2D eigenvalue weighted by Crippen LogP contribution is -2.40. The van der Waals surface area contributed by atoms with Crippen LogP contribution in [-0.4, -0.2) is 32.6 Å². The van der Waals surface area contributed by atoms with Crippen LogP contribution in [0, 0.1) is 6.92 Å². The minimum absolute atomic E-state index is 0.166. The molecule has 26 heavy (non-hydrogen) atoms. The average Bonchev–Trinajstić information content (AvgIpc) is 2.67. The normalized spacial score (nSPS) is 14.9. The number of nitrogens with zero attached hydrogens (tertiary/aromatic N) is 3. The van der Waals surface area contributed by atoms with Gasteiger partial charge in [0.1, 0.15) is 5.03 Å². The molecule has 0 saturated heterocycles. The van der Waals surface area contributed by atoms with Crippen LogP contribution in [0.3, 0.4) is 0 Å². The maximum absolute atomic E-state index is 12.9. The Morgan fingerprint density at radius 2 is 1.69 bits per heavy atom. The molecular weight excluding hydrogens is 342 g/mol. The van der Waals surface area contributed by atoms with Gasteiger partial charge < -0.3 is 4.90 Å². The highest BCUT2D eigenvalue weighted by atomic mass is 32.2. The van der Waals surface area contributed by atoms with Gasteiger partial charge in [-0.05, 0) is 43.5 Å². The van der Waals surface area contributed by atoms with Crippen LogP contribution in [0.15, 0.2) is 53.6 Å². The Bertz CT molecular complexity index is 972. The highest BCUT2D eigenvalue weighted by Crippen LogP contribution is 2.28. The molecule has 1 aromatic heterocycles. The number of hydrogen-bond acceptors (Lipinski definition) is 4. The lowest BCUT2D eigenvalue weighted by atomic mass is 10.00. The van der Waals surface area contributed by atoms with Crippen LogP contribution in [0.25, 0.3) is 11.0 Å². The second-order valence-electron chi connectivity index (χ2n) is 6.64. The molecule has 4 nitrogen and oxygen atoms in total. The van der Waals surface area contributed by atoms with Crippen LogP contribution < -0.4 is 0 Å². The highest BCUT2D eigenvalue weighted by Gasteiger charge is 2.26. The van der Waals surface area contributed by atoms with Crippen molar-refractivity contribution in [1.29, 1.82) is 0 Å². The first kappa shape index (κ1) is 17.0. The minimum Gasteiger partial charge on any atom is -0.337 e. The van der Waals surface area contributed by atoms with Gasteiger partial charge in [-0.25, -0.2) is 9.97 Å². The SMILES string of the molecule is Cc1nc2ccccc2nc1S[C@H](C)C(=O)N1CCc2ccccc2C1. The van der Waals surface area contributed by atoms with E-state index < -0.39 is 0 Å². The second kappa shape index (κ2) is 7.08. The number of aryl methyl sites for hydroxylation is 1. The van der Waals surface area contributed by atoms with Crippen molar-refractivity contribution in [3.05, 3.63) is 65.4 Å². The Morgan fingerprint density at radius 1 is 1.04 bits per heavy atom. The quantitative estimate of drug-likeness (QED) is 0.660. The number of fused-ring (bicyclic) bond motifs is 2. The Kier molecular flexibility index (Phi) is 4.64. The number of amides is 1. The number of thioether (sulfide) groups is 1. The third-order valence-corrected chi connectivity index (χ3v) is 5.95. The summed E-state index contributed by atoms with van der Waals surface area (Å²) in [5, 5.41) is 0.649. The first-order valence-electron chi connectivity index (χ1n) is 8.87. The van der Waals surface area contributed by atoms with E-state index in [1.54, 1.807) is 0 Å². The molecule has 0 saturated carbocycles. The summed E-state index contributed by atoms with van der Waals surface area (Å²) in [6, 6.07) is 16.2. The van der Waals surface area contributed by atoms with Gasteiger partial charge in [0.15, 0.2) is 0 Å². The monoisotopic (exact) mass is 363 g/mol. The lowest BCUT2D eigenvalue weighted by molar-refractivity contribution is -0.131. The topological polar surface area (TPSA) is 46.1 Å². The molecule has 0 unspecified atom stereocenters. The molecule has 132 valence electrons. The van der Waals surface area contributed by atoms with E-state index >= 15 is 0 Å². The third-order valence-electron chi connectivity index (χ3n) is 4.78. The first-order valence-corrected chi connectivity index (χ1v) is 9.75. The molecule has 0 aliphatic carbocycles. The average molecular weight is 363 g/mol. The van der Waals surface area contributed by atoms with Gasteiger partial charge in [0.05, 0.1) is 22.0 Å². The Labute approximate surface area is 157 Å². The van der Waals surface area contributed by atoms with E-state index in [-0.39, 0.29) is 11.2 Å². The Balaban J connectivity index is 1.51. The summed E-state index contributed by atoms with van der Waals surface area (Å²) in [5.74, 6) is 0.166. The van der Waals surface area contributed by atoms with Gasteiger partial charge in [-0.15, -0.1) is 0 Å². The maximum Gasteiger partial charge on any atom is 0.236 e. The fourth-order valence-electron chi connectivity index (χ4n) is 3.34. The molecule has 0 bridgehead atoms. The number of carbonyl (C=O) groups excluding carboxylic acids is 1. The molecule has 1 atom stereocenters. The van der Waals surface area contributed by atoms with E-state index in [0.29, 0.717) is 6.54 Å². The Hall–Kier alpha value is -2.40. The molecule has 0 radical (unpaired) electrons. The molecule has 3 aromatic rings. The van der Waals surface area contributed by atoms with Crippen LogP contribution in [0.2, 0.25) is 0 Å². The number of benzene rings is 2. The van der Waals surface area contributed by atoms with Crippen molar-refractivity contribution < 1.29 is 4.79 Å². The van der Waals surface area contributed by atoms with E-state index in [4.69, 9.17) is 4.98 Å². The van der Waals surface area contributed by atoms with Gasteiger partial charge in [0.2, 0.25) is 5.91 Å². The molecule has 1 amide bonds. The molecule has 1 aliphatic rings. The van der Waals surface area contributed by atoms with E-state index in [2.05, 4.69) is 23.2 Å². The maximum atomic E-state index is 12.9. The fourth-order valence-corrected chi connectivity index (χ4v) is 4.29. The van der Waals surface area contributed by atoms with Crippen LogP contribution >= 0.6 is 11.8 Å². The van der Waals surface area contributed by atoms with E-state index in [9.17, 15) is 4.79 Å². The van der Waals surface area contributed by atoms with E-state index in [1.807, 2.05) is 49.1 Å². The molecule has 0 fully saturated rings. The van der Waals surface area contributed by atoms with Crippen molar-refractivity contribution in [2.45, 2.75) is 37.1 Å². The molecule has 4 rings (SSSR count). The fraction of sp³-hybridized carbons (Fsp3) is 0.286. The van der Waals surface area contributed by atoms with Crippen LogP contribution in [-0.2, 0) is 17.8 Å². The third kappa shape index (κ3) is 3.31. The van der Waals surface area contributed by atoms with Crippen molar-refractivity contribution in [2.24, 2.45) is 0 Å². The zero-order chi connectivity index (χ0) is 18.1. The minimum atomic E-state index is -0.186. The number of aromatic nitrogens is 2. The van der Waals surface area contributed by atoms with Gasteiger partial charge in [0, 0.05) is 13.1 Å². The zero-order valence-electron chi connectivity index (χ0n) is 15.0. The standard InChI is InChI=1S/C21H21N3OS/c1-14-20(23-19-10-6-5-9-18(19)22-14)26-15(2)21(25)24-12-11-16-7-3-4-8-17(16)13-24/h3-10,15H,11-13H2,1-2H3/t15-/m1/s1. The van der Waals surface area contributed by atoms with Gasteiger partial charge in [-0.1, -0.05) is 48.2 Å². The number of carbonyl (C=O) groups is 1. The Morgan fingerprint density at radius 3 is 2.46 bits per heavy atom. The summed E-state index contributed by atoms with van der Waals surface area (Å²) >= 11 is 1.50. The van der Waals surface area contributed by atoms with Crippen molar-refractivity contribution >= 4 is 28.7 Å². The number of para-hydroxylation sites is 2. The number of rotatable bonds is 3. The summed E-state index contributed by atoms with van der Waals surface area (Å²) in [4.78, 5) is 24.2. The van der Waals surface area contributed by atoms with Crippen LogP contribution in [0.4, 0.5) is 0 Å². The zero-order valence-corrected chi connectivity index (χ0v) is 15.8. The molecule has 5 heteroatoms. The summed E-state index contributed by atoms with van der Waals surface area (Å²) in [6.45, 7) is 5.39. The predicted molar refractivity (Wildman–Crippen MR) is 105 cm³/mol. The smallest absolute Gasteiger partial charge is 0.236 e. The molecule has 1 aliphatic heterocycles. The first-order chi connectivity index (χ1) is 12.6. The summed E-state index contributed by atoms with van der Waals surface area (Å²) < 4.78 is 0. The van der Waals surface area contributed by atoms with Crippen molar-refractivity contribution in [1.82, 2.24) is 14.9 Å². The molecule has 2 aromatic carbocycles. The van der Waals surface area contributed by atoms with E-state index in [0.717, 1.165) is 34.7 Å². The predicted octanol–water partition coefficient (Wildman–Crippen LogP) is 4.00. The molecule has 2 heterocycles. The summed E-state index contributed by atoms with van der Waals surface area (Å²) in [7, 11) is 0. The van der Waals surface area contributed by atoms with Crippen LogP contribution in [0.1, 0.15) is 23.7 Å². The van der Waals surface area contributed by atoms with E-state index in [1.165, 1.54) is 22.9 Å². The summed E-state index contributed by atoms with van der Waals surface area (Å²) in [6.07, 6.45) is 0.925. The van der Waals surface area contributed by atoms with Crippen molar-refractivity contribution in [3.63, 3.8) is 0 Å². The van der Waals surface area contributed by atoms with Crippen molar-refractivity contribution in [2.75, 3.05) is 6.54 Å². The highest BCUT2D eigenvalue weighted by molar-refractivity contribution is 8.00. The van der Waals surface area contributed by atoms with Crippen molar-refractivity contribution in [3.8, 4) is 0 Å². The molecule has 0 N–H and O–H groups in total.